The van der Waals surface area contributed by atoms with Gasteiger partial charge in [0.1, 0.15) is 0 Å². The Morgan fingerprint density at radius 1 is 0.854 bits per heavy atom. The van der Waals surface area contributed by atoms with Crippen molar-refractivity contribution in [3.63, 3.8) is 0 Å². The number of nitrogens with zero attached hydrogens (tertiary/aromatic N) is 3. The van der Waals surface area contributed by atoms with E-state index in [2.05, 4.69) is 49.3 Å². The molecule has 208 valence electrons. The van der Waals surface area contributed by atoms with Gasteiger partial charge in [-0.2, -0.15) is 0 Å². The smallest absolute Gasteiger partial charge is 0.264 e. The molecule has 5 rings (SSSR count). The lowest BCUT2D eigenvalue weighted by Crippen LogP contribution is -2.22. The summed E-state index contributed by atoms with van der Waals surface area (Å²) in [6, 6.07) is 23.9. The first kappa shape index (κ1) is 28.1. The number of H-pyrrole nitrogens is 1. The molecule has 1 atom stereocenters. The summed E-state index contributed by atoms with van der Waals surface area (Å²) in [5, 5.41) is 2.98. The summed E-state index contributed by atoms with van der Waals surface area (Å²) in [4.78, 5) is 29.1. The number of hydrogen-bond acceptors (Lipinski definition) is 7. The number of carbonyl (C=O) groups is 1. The number of anilines is 2. The fourth-order valence-corrected chi connectivity index (χ4v) is 5.73. The van der Waals surface area contributed by atoms with E-state index in [1.165, 1.54) is 48.4 Å². The fourth-order valence-electron chi connectivity index (χ4n) is 3.97. The van der Waals surface area contributed by atoms with Crippen LogP contribution >= 0.6 is 11.8 Å². The first-order valence-corrected chi connectivity index (χ1v) is 15.2. The molecule has 0 aliphatic carbocycles. The second-order valence-corrected chi connectivity index (χ2v) is 12.5. The van der Waals surface area contributed by atoms with Crippen molar-refractivity contribution >= 4 is 39.3 Å². The van der Waals surface area contributed by atoms with Gasteiger partial charge in [0.25, 0.3) is 10.0 Å². The predicted molar refractivity (Wildman–Crippen MR) is 162 cm³/mol. The van der Waals surface area contributed by atoms with Crippen molar-refractivity contribution in [3.8, 4) is 22.5 Å². The van der Waals surface area contributed by atoms with Gasteiger partial charge in [0.2, 0.25) is 11.9 Å². The van der Waals surface area contributed by atoms with Crippen LogP contribution < -0.4 is 10.0 Å². The number of nitrogens with one attached hydrogen (secondary N) is 3. The molecule has 2 aromatic heterocycles. The van der Waals surface area contributed by atoms with Gasteiger partial charge >= 0.3 is 0 Å². The van der Waals surface area contributed by atoms with Crippen LogP contribution in [-0.4, -0.2) is 39.5 Å². The number of sulfonamides is 1. The molecule has 0 saturated heterocycles. The summed E-state index contributed by atoms with van der Waals surface area (Å²) in [5.41, 5.74) is 6.48. The van der Waals surface area contributed by atoms with E-state index >= 15 is 0 Å². The molecule has 5 aromatic rings. The maximum absolute atomic E-state index is 13.0. The van der Waals surface area contributed by atoms with Gasteiger partial charge in [-0.05, 0) is 51.1 Å². The summed E-state index contributed by atoms with van der Waals surface area (Å²) in [6.45, 7) is 5.88. The summed E-state index contributed by atoms with van der Waals surface area (Å²) >= 11 is 1.31. The number of amides is 1. The molecule has 0 radical (unpaired) electrons. The average Bonchev–Trinajstić information content (AvgIpc) is 3.38. The summed E-state index contributed by atoms with van der Waals surface area (Å²) in [5.74, 6) is -0.267. The van der Waals surface area contributed by atoms with Crippen LogP contribution in [0.1, 0.15) is 18.1 Å². The van der Waals surface area contributed by atoms with E-state index in [0.29, 0.717) is 10.8 Å². The maximum atomic E-state index is 13.0. The third kappa shape index (κ3) is 6.82. The molecule has 0 aliphatic rings. The van der Waals surface area contributed by atoms with Crippen molar-refractivity contribution < 1.29 is 13.2 Å². The minimum absolute atomic E-state index is 0.0215. The van der Waals surface area contributed by atoms with Gasteiger partial charge in [-0.15, -0.1) is 0 Å². The Hall–Kier alpha value is -4.48. The highest BCUT2D eigenvalue weighted by molar-refractivity contribution is 8.00. The van der Waals surface area contributed by atoms with E-state index in [-0.39, 0.29) is 16.8 Å². The van der Waals surface area contributed by atoms with E-state index in [1.807, 2.05) is 38.1 Å². The summed E-state index contributed by atoms with van der Waals surface area (Å²) in [6.07, 6.45) is 2.88. The van der Waals surface area contributed by atoms with Crippen LogP contribution in [0.3, 0.4) is 0 Å². The Balaban J connectivity index is 1.30. The van der Waals surface area contributed by atoms with Gasteiger partial charge < -0.3 is 10.3 Å². The molecule has 3 aromatic carbocycles. The molecule has 0 saturated carbocycles. The van der Waals surface area contributed by atoms with E-state index in [1.54, 1.807) is 13.0 Å². The number of hydrogen-bond donors (Lipinski definition) is 3. The summed E-state index contributed by atoms with van der Waals surface area (Å²) in [7, 11) is -3.87. The first-order valence-electron chi connectivity index (χ1n) is 12.8. The van der Waals surface area contributed by atoms with Crippen LogP contribution in [0.4, 0.5) is 11.6 Å². The van der Waals surface area contributed by atoms with Crippen LogP contribution in [0.2, 0.25) is 0 Å². The van der Waals surface area contributed by atoms with E-state index in [9.17, 15) is 13.2 Å². The quantitative estimate of drug-likeness (QED) is 0.179. The number of aromatic amines is 1. The number of aromatic nitrogens is 4. The monoisotopic (exact) mass is 584 g/mol. The van der Waals surface area contributed by atoms with Crippen LogP contribution in [0.5, 0.6) is 0 Å². The topological polar surface area (TPSA) is 130 Å². The highest BCUT2D eigenvalue weighted by Crippen LogP contribution is 2.34. The molecule has 11 heteroatoms. The van der Waals surface area contributed by atoms with Crippen molar-refractivity contribution in [2.24, 2.45) is 0 Å². The number of thioether (sulfide) groups is 1. The van der Waals surface area contributed by atoms with E-state index < -0.39 is 15.3 Å². The number of benzene rings is 3. The fraction of sp³-hybridized carbons (Fsp3) is 0.133. The minimum atomic E-state index is -3.87. The zero-order valence-corrected chi connectivity index (χ0v) is 24.3. The van der Waals surface area contributed by atoms with Crippen LogP contribution in [0.15, 0.2) is 101 Å². The zero-order chi connectivity index (χ0) is 29.0. The molecule has 0 fully saturated rings. The van der Waals surface area contributed by atoms with Gasteiger partial charge in [0.15, 0.2) is 5.16 Å². The van der Waals surface area contributed by atoms with Crippen molar-refractivity contribution in [1.82, 2.24) is 19.9 Å². The van der Waals surface area contributed by atoms with Gasteiger partial charge in [-0.1, -0.05) is 71.4 Å². The zero-order valence-electron chi connectivity index (χ0n) is 22.6. The van der Waals surface area contributed by atoms with E-state index in [4.69, 9.17) is 4.98 Å². The number of imidazole rings is 1. The molecule has 1 unspecified atom stereocenters. The summed E-state index contributed by atoms with van der Waals surface area (Å²) < 4.78 is 27.6. The van der Waals surface area contributed by atoms with Crippen LogP contribution in [0.25, 0.3) is 22.5 Å². The van der Waals surface area contributed by atoms with Crippen LogP contribution in [-0.2, 0) is 14.8 Å². The van der Waals surface area contributed by atoms with Crippen molar-refractivity contribution in [2.45, 2.75) is 36.1 Å². The lowest BCUT2D eigenvalue weighted by molar-refractivity contribution is -0.115. The molecule has 0 aliphatic heterocycles. The Kier molecular flexibility index (Phi) is 8.18. The standard InChI is InChI=1S/C30H28N6O3S2/c1-19-5-9-22(10-6-19)26-27(23-11-7-20(2)8-12-23)35-30(34-26)40-21(3)28(37)33-24-13-15-25(16-14-24)41(38,39)36-29-31-17-4-18-32-29/h4-18,21H,1-3H3,(H,33,37)(H,34,35)(H,31,32,36). The third-order valence-corrected chi connectivity index (χ3v) is 8.56. The molecule has 41 heavy (non-hydrogen) atoms. The van der Waals surface area contributed by atoms with Crippen molar-refractivity contribution in [1.29, 1.82) is 0 Å². The Bertz CT molecular complexity index is 1690. The van der Waals surface area contributed by atoms with Crippen molar-refractivity contribution in [2.75, 3.05) is 10.0 Å². The SMILES string of the molecule is Cc1ccc(-c2nc(SC(C)C(=O)Nc3ccc(S(=O)(=O)Nc4ncccn4)cc3)[nH]c2-c2ccc(C)cc2)cc1. The van der Waals surface area contributed by atoms with Gasteiger partial charge in [0.05, 0.1) is 21.5 Å². The van der Waals surface area contributed by atoms with Gasteiger partial charge in [-0.25, -0.2) is 28.1 Å². The molecular formula is C30H28N6O3S2. The molecular weight excluding hydrogens is 557 g/mol. The number of carbonyl (C=O) groups excluding carboxylic acids is 1. The largest absolute Gasteiger partial charge is 0.332 e. The molecule has 3 N–H and O–H groups in total. The normalized spacial score (nSPS) is 12.1. The minimum Gasteiger partial charge on any atom is -0.332 e. The average molecular weight is 585 g/mol. The molecule has 0 spiro atoms. The Morgan fingerprint density at radius 3 is 2.05 bits per heavy atom. The highest BCUT2D eigenvalue weighted by atomic mass is 32.2. The van der Waals surface area contributed by atoms with E-state index in [0.717, 1.165) is 33.6 Å². The molecule has 0 bridgehead atoms. The predicted octanol–water partition coefficient (Wildman–Crippen LogP) is 6.07. The number of rotatable bonds is 9. The lowest BCUT2D eigenvalue weighted by Gasteiger charge is -2.11. The maximum Gasteiger partial charge on any atom is 0.264 e. The Morgan fingerprint density at radius 2 is 1.44 bits per heavy atom. The van der Waals surface area contributed by atoms with Crippen LogP contribution in [0, 0.1) is 13.8 Å². The first-order chi connectivity index (χ1) is 19.7. The molecule has 1 amide bonds. The Labute approximate surface area is 242 Å². The van der Waals surface area contributed by atoms with Crippen molar-refractivity contribution in [3.05, 3.63) is 102 Å². The highest BCUT2D eigenvalue weighted by Gasteiger charge is 2.21. The molecule has 2 heterocycles. The third-order valence-electron chi connectivity index (χ3n) is 6.23. The second kappa shape index (κ2) is 11.9. The second-order valence-electron chi connectivity index (χ2n) is 9.45. The number of aryl methyl sites for hydroxylation is 2. The van der Waals surface area contributed by atoms with Gasteiger partial charge in [-0.3, -0.25) is 4.79 Å². The lowest BCUT2D eigenvalue weighted by atomic mass is 10.0. The van der Waals surface area contributed by atoms with Gasteiger partial charge in [0, 0.05) is 29.2 Å². The molecule has 9 nitrogen and oxygen atoms in total.